The number of hydrogen-bond acceptors (Lipinski definition) is 5. The Balaban J connectivity index is 1.47. The Labute approximate surface area is 197 Å². The Morgan fingerprint density at radius 1 is 1.15 bits per heavy atom. The number of carbonyl (C=O) groups excluding carboxylic acids is 1. The molecule has 34 heavy (non-hydrogen) atoms. The molecule has 1 N–H and O–H groups in total. The maximum Gasteiger partial charge on any atom is 0.433 e. The predicted octanol–water partition coefficient (Wildman–Crippen LogP) is 4.14. The summed E-state index contributed by atoms with van der Waals surface area (Å²) in [7, 11) is 0. The van der Waals surface area contributed by atoms with E-state index in [0.29, 0.717) is 19.6 Å². The van der Waals surface area contributed by atoms with Crippen molar-refractivity contribution in [2.75, 3.05) is 32.8 Å². The normalized spacial score (nSPS) is 21.3. The highest BCUT2D eigenvalue weighted by Crippen LogP contribution is 2.39. The third-order valence-corrected chi connectivity index (χ3v) is 7.02. The number of ether oxygens (including phenoxy) is 1. The molecule has 2 aliphatic heterocycles. The van der Waals surface area contributed by atoms with E-state index in [1.807, 2.05) is 13.0 Å². The summed E-state index contributed by atoms with van der Waals surface area (Å²) in [5.41, 5.74) is 2.68. The molecular formula is C25H30F3N3O3. The summed E-state index contributed by atoms with van der Waals surface area (Å²) in [6, 6.07) is 6.58. The second kappa shape index (κ2) is 9.92. The van der Waals surface area contributed by atoms with Gasteiger partial charge in [-0.1, -0.05) is 6.07 Å². The largest absolute Gasteiger partial charge is 0.491 e. The summed E-state index contributed by atoms with van der Waals surface area (Å²) in [4.78, 5) is 20.6. The Bertz CT molecular complexity index is 1030. The molecule has 0 bridgehead atoms. The van der Waals surface area contributed by atoms with Gasteiger partial charge in [-0.15, -0.1) is 0 Å². The van der Waals surface area contributed by atoms with Crippen LogP contribution < -0.4 is 4.74 Å². The minimum absolute atomic E-state index is 0.0317. The minimum atomic E-state index is -4.52. The SMILES string of the molecule is Cc1c(OCCO)ccc([C@H]2CCCC3CN(C(=O)c4ccc(C(F)(F)F)nc4)CCN32)c1C. The number of rotatable bonds is 5. The number of aliphatic hydroxyl groups is 1. The van der Waals surface area contributed by atoms with E-state index in [1.54, 1.807) is 4.90 Å². The van der Waals surface area contributed by atoms with Crippen LogP contribution in [0.25, 0.3) is 0 Å². The van der Waals surface area contributed by atoms with Gasteiger partial charge in [0.05, 0.1) is 12.2 Å². The van der Waals surface area contributed by atoms with Gasteiger partial charge in [0.15, 0.2) is 0 Å². The highest BCUT2D eigenvalue weighted by atomic mass is 19.4. The molecule has 0 radical (unpaired) electrons. The summed E-state index contributed by atoms with van der Waals surface area (Å²) in [6.07, 6.45) is -0.458. The van der Waals surface area contributed by atoms with Crippen LogP contribution in [-0.4, -0.2) is 64.7 Å². The fraction of sp³-hybridized carbons (Fsp3) is 0.520. The van der Waals surface area contributed by atoms with Crippen molar-refractivity contribution >= 4 is 5.91 Å². The number of alkyl halides is 3. The molecule has 1 aromatic heterocycles. The number of amides is 1. The molecular weight excluding hydrogens is 447 g/mol. The number of fused-ring (bicyclic) bond motifs is 1. The van der Waals surface area contributed by atoms with Crippen LogP contribution in [-0.2, 0) is 6.18 Å². The molecule has 6 nitrogen and oxygen atoms in total. The Hall–Kier alpha value is -2.65. The molecule has 0 saturated carbocycles. The lowest BCUT2D eigenvalue weighted by molar-refractivity contribution is -0.141. The zero-order chi connectivity index (χ0) is 24.5. The van der Waals surface area contributed by atoms with Crippen LogP contribution in [0.1, 0.15) is 58.0 Å². The summed E-state index contributed by atoms with van der Waals surface area (Å²) in [5.74, 6) is 0.503. The van der Waals surface area contributed by atoms with Crippen LogP contribution >= 0.6 is 0 Å². The van der Waals surface area contributed by atoms with E-state index >= 15 is 0 Å². The molecule has 0 aliphatic carbocycles. The average Bonchev–Trinajstić information content (AvgIpc) is 2.83. The molecule has 1 amide bonds. The van der Waals surface area contributed by atoms with E-state index in [2.05, 4.69) is 22.9 Å². The Kier molecular flexibility index (Phi) is 7.14. The van der Waals surface area contributed by atoms with Crippen molar-refractivity contribution < 1.29 is 27.8 Å². The van der Waals surface area contributed by atoms with Crippen molar-refractivity contribution in [3.8, 4) is 5.75 Å². The van der Waals surface area contributed by atoms with Gasteiger partial charge in [-0.05, 0) is 68.0 Å². The molecule has 2 aromatic rings. The molecule has 2 fully saturated rings. The van der Waals surface area contributed by atoms with E-state index in [-0.39, 0.29) is 36.8 Å². The molecule has 2 aliphatic rings. The first-order chi connectivity index (χ1) is 16.2. The van der Waals surface area contributed by atoms with E-state index in [4.69, 9.17) is 9.84 Å². The minimum Gasteiger partial charge on any atom is -0.491 e. The van der Waals surface area contributed by atoms with Gasteiger partial charge in [0.25, 0.3) is 5.91 Å². The van der Waals surface area contributed by atoms with Gasteiger partial charge in [-0.25, -0.2) is 0 Å². The second-order valence-corrected chi connectivity index (χ2v) is 8.99. The fourth-order valence-corrected chi connectivity index (χ4v) is 5.13. The highest BCUT2D eigenvalue weighted by Gasteiger charge is 2.38. The number of aromatic nitrogens is 1. The molecule has 4 rings (SSSR count). The summed E-state index contributed by atoms with van der Waals surface area (Å²) in [5, 5.41) is 9.04. The molecule has 184 valence electrons. The van der Waals surface area contributed by atoms with Crippen molar-refractivity contribution in [1.29, 1.82) is 0 Å². The maximum atomic E-state index is 13.0. The van der Waals surface area contributed by atoms with Gasteiger partial charge in [-0.2, -0.15) is 13.2 Å². The van der Waals surface area contributed by atoms with Gasteiger partial charge in [-0.3, -0.25) is 14.7 Å². The van der Waals surface area contributed by atoms with Crippen LogP contribution in [0.4, 0.5) is 13.2 Å². The number of nitrogens with zero attached hydrogens (tertiary/aromatic N) is 3. The molecule has 2 saturated heterocycles. The van der Waals surface area contributed by atoms with Gasteiger partial charge < -0.3 is 14.7 Å². The van der Waals surface area contributed by atoms with E-state index in [1.165, 1.54) is 17.2 Å². The summed E-state index contributed by atoms with van der Waals surface area (Å²) >= 11 is 0. The highest BCUT2D eigenvalue weighted by molar-refractivity contribution is 5.94. The zero-order valence-corrected chi connectivity index (χ0v) is 19.4. The number of piperazine rings is 1. The van der Waals surface area contributed by atoms with Crippen molar-refractivity contribution in [3.63, 3.8) is 0 Å². The van der Waals surface area contributed by atoms with E-state index in [0.717, 1.165) is 42.8 Å². The fourth-order valence-electron chi connectivity index (χ4n) is 5.13. The topological polar surface area (TPSA) is 65.9 Å². The first-order valence-electron chi connectivity index (χ1n) is 11.6. The summed E-state index contributed by atoms with van der Waals surface area (Å²) < 4.78 is 44.0. The maximum absolute atomic E-state index is 13.0. The van der Waals surface area contributed by atoms with Gasteiger partial charge in [0, 0.05) is 37.9 Å². The third kappa shape index (κ3) is 4.90. The molecule has 0 spiro atoms. The number of carbonyl (C=O) groups is 1. The Morgan fingerprint density at radius 3 is 2.62 bits per heavy atom. The molecule has 1 aromatic carbocycles. The molecule has 1 unspecified atom stereocenters. The smallest absolute Gasteiger partial charge is 0.433 e. The number of pyridine rings is 1. The third-order valence-electron chi connectivity index (χ3n) is 7.02. The summed E-state index contributed by atoms with van der Waals surface area (Å²) in [6.45, 7) is 6.12. The lowest BCUT2D eigenvalue weighted by Gasteiger charge is -2.48. The number of piperidine rings is 1. The van der Waals surface area contributed by atoms with Crippen LogP contribution in [0.2, 0.25) is 0 Å². The van der Waals surface area contributed by atoms with Crippen LogP contribution in [0, 0.1) is 13.8 Å². The lowest BCUT2D eigenvalue weighted by atomic mass is 9.86. The zero-order valence-electron chi connectivity index (χ0n) is 19.4. The van der Waals surface area contributed by atoms with E-state index in [9.17, 15) is 18.0 Å². The average molecular weight is 478 g/mol. The lowest BCUT2D eigenvalue weighted by Crippen LogP contribution is -2.57. The standard InChI is InChI=1S/C25H30F3N3O3/c1-16-17(2)22(34-13-12-32)8-7-20(16)21-5-3-4-19-15-30(10-11-31(19)21)24(33)18-6-9-23(29-14-18)25(26,27)28/h6-9,14,19,21,32H,3-5,10-13,15H2,1-2H3/t19?,21-/m1/s1. The monoisotopic (exact) mass is 477 g/mol. The van der Waals surface area contributed by atoms with E-state index < -0.39 is 11.9 Å². The number of hydrogen-bond donors (Lipinski definition) is 1. The van der Waals surface area contributed by atoms with Crippen molar-refractivity contribution in [1.82, 2.24) is 14.8 Å². The molecule has 9 heteroatoms. The first kappa shape index (κ1) is 24.5. The van der Waals surface area contributed by atoms with Crippen molar-refractivity contribution in [3.05, 3.63) is 58.4 Å². The number of halogens is 3. The van der Waals surface area contributed by atoms with Crippen LogP contribution in [0.15, 0.2) is 30.5 Å². The number of benzene rings is 1. The molecule has 2 atom stereocenters. The van der Waals surface area contributed by atoms with Crippen LogP contribution in [0.5, 0.6) is 5.75 Å². The van der Waals surface area contributed by atoms with Crippen molar-refractivity contribution in [2.24, 2.45) is 0 Å². The van der Waals surface area contributed by atoms with Gasteiger partial charge in [0.2, 0.25) is 0 Å². The number of aliphatic hydroxyl groups excluding tert-OH is 1. The van der Waals surface area contributed by atoms with Crippen LogP contribution in [0.3, 0.4) is 0 Å². The predicted molar refractivity (Wildman–Crippen MR) is 121 cm³/mol. The quantitative estimate of drug-likeness (QED) is 0.701. The van der Waals surface area contributed by atoms with Gasteiger partial charge >= 0.3 is 6.18 Å². The second-order valence-electron chi connectivity index (χ2n) is 8.99. The van der Waals surface area contributed by atoms with Crippen molar-refractivity contribution in [2.45, 2.75) is 51.4 Å². The van der Waals surface area contributed by atoms with Gasteiger partial charge in [0.1, 0.15) is 18.1 Å². The first-order valence-corrected chi connectivity index (χ1v) is 11.6. The molecule has 3 heterocycles. The Morgan fingerprint density at radius 2 is 1.94 bits per heavy atom.